The standard InChI is InChI=1S/C18H23N3/c1-20(2)13-16-14-21(12-15-8-4-3-5-9-15)18-11-7-6-10-17(18)19-16/h3-11,16,19H,12-14H2,1-2H3. The summed E-state index contributed by atoms with van der Waals surface area (Å²) < 4.78 is 0. The molecule has 0 aliphatic carbocycles. The minimum absolute atomic E-state index is 0.457. The summed E-state index contributed by atoms with van der Waals surface area (Å²) >= 11 is 0. The Hall–Kier alpha value is -2.00. The van der Waals surface area contributed by atoms with Crippen LogP contribution in [0.3, 0.4) is 0 Å². The Labute approximate surface area is 127 Å². The van der Waals surface area contributed by atoms with Crippen molar-refractivity contribution in [3.05, 3.63) is 60.2 Å². The van der Waals surface area contributed by atoms with Crippen LogP contribution in [0.2, 0.25) is 0 Å². The Morgan fingerprint density at radius 3 is 2.52 bits per heavy atom. The SMILES string of the molecule is CN(C)CC1CN(Cc2ccccc2)c2ccccc2N1. The molecule has 0 aromatic heterocycles. The summed E-state index contributed by atoms with van der Waals surface area (Å²) in [5, 5.41) is 3.66. The van der Waals surface area contributed by atoms with Gasteiger partial charge in [-0.15, -0.1) is 0 Å². The molecule has 0 bridgehead atoms. The Bertz CT molecular complexity index is 580. The number of hydrogen-bond donors (Lipinski definition) is 1. The highest BCUT2D eigenvalue weighted by molar-refractivity contribution is 5.72. The van der Waals surface area contributed by atoms with Crippen LogP contribution in [0.15, 0.2) is 54.6 Å². The van der Waals surface area contributed by atoms with Crippen molar-refractivity contribution in [2.24, 2.45) is 0 Å². The molecule has 1 N–H and O–H groups in total. The van der Waals surface area contributed by atoms with Crippen LogP contribution in [-0.4, -0.2) is 38.1 Å². The van der Waals surface area contributed by atoms with Crippen LogP contribution in [0.1, 0.15) is 5.56 Å². The molecule has 110 valence electrons. The smallest absolute Gasteiger partial charge is 0.0605 e. The number of likely N-dealkylation sites (N-methyl/N-ethyl adjacent to an activating group) is 1. The number of hydrogen-bond acceptors (Lipinski definition) is 3. The van der Waals surface area contributed by atoms with E-state index in [0.717, 1.165) is 19.6 Å². The lowest BCUT2D eigenvalue weighted by Crippen LogP contribution is -2.46. The molecule has 21 heavy (non-hydrogen) atoms. The highest BCUT2D eigenvalue weighted by Gasteiger charge is 2.23. The molecule has 0 saturated carbocycles. The lowest BCUT2D eigenvalue weighted by molar-refractivity contribution is 0.379. The van der Waals surface area contributed by atoms with Crippen molar-refractivity contribution in [3.8, 4) is 0 Å². The number of fused-ring (bicyclic) bond motifs is 1. The lowest BCUT2D eigenvalue weighted by Gasteiger charge is -2.38. The molecule has 3 rings (SSSR count). The second-order valence-corrected chi connectivity index (χ2v) is 5.99. The van der Waals surface area contributed by atoms with Crippen LogP contribution in [0.4, 0.5) is 11.4 Å². The van der Waals surface area contributed by atoms with Crippen LogP contribution >= 0.6 is 0 Å². The van der Waals surface area contributed by atoms with Gasteiger partial charge in [0.15, 0.2) is 0 Å². The van der Waals surface area contributed by atoms with Crippen molar-refractivity contribution < 1.29 is 0 Å². The van der Waals surface area contributed by atoms with E-state index in [2.05, 4.69) is 83.8 Å². The van der Waals surface area contributed by atoms with E-state index < -0.39 is 0 Å². The van der Waals surface area contributed by atoms with E-state index >= 15 is 0 Å². The third kappa shape index (κ3) is 3.37. The van der Waals surface area contributed by atoms with Crippen molar-refractivity contribution in [1.29, 1.82) is 0 Å². The average molecular weight is 281 g/mol. The molecule has 1 atom stereocenters. The number of nitrogens with one attached hydrogen (secondary N) is 1. The Balaban J connectivity index is 1.83. The molecular formula is C18H23N3. The minimum Gasteiger partial charge on any atom is -0.378 e. The number of anilines is 2. The minimum atomic E-state index is 0.457. The fourth-order valence-electron chi connectivity index (χ4n) is 3.00. The second kappa shape index (κ2) is 6.19. The normalized spacial score (nSPS) is 17.5. The first-order valence-electron chi connectivity index (χ1n) is 7.51. The van der Waals surface area contributed by atoms with Gasteiger partial charge in [0, 0.05) is 19.6 Å². The van der Waals surface area contributed by atoms with E-state index in [-0.39, 0.29) is 0 Å². The van der Waals surface area contributed by atoms with E-state index in [9.17, 15) is 0 Å². The topological polar surface area (TPSA) is 18.5 Å². The van der Waals surface area contributed by atoms with Crippen molar-refractivity contribution in [2.45, 2.75) is 12.6 Å². The summed E-state index contributed by atoms with van der Waals surface area (Å²) in [6, 6.07) is 19.8. The summed E-state index contributed by atoms with van der Waals surface area (Å²) in [5.41, 5.74) is 3.90. The van der Waals surface area contributed by atoms with Crippen molar-refractivity contribution in [3.63, 3.8) is 0 Å². The van der Waals surface area contributed by atoms with E-state index in [4.69, 9.17) is 0 Å². The van der Waals surface area contributed by atoms with Gasteiger partial charge in [0.2, 0.25) is 0 Å². The molecule has 1 unspecified atom stereocenters. The summed E-state index contributed by atoms with van der Waals surface area (Å²) in [7, 11) is 4.26. The Morgan fingerprint density at radius 2 is 1.76 bits per heavy atom. The molecule has 3 heteroatoms. The van der Waals surface area contributed by atoms with E-state index in [0.29, 0.717) is 6.04 Å². The molecule has 0 spiro atoms. The highest BCUT2D eigenvalue weighted by Crippen LogP contribution is 2.31. The van der Waals surface area contributed by atoms with Crippen molar-refractivity contribution in [2.75, 3.05) is 37.4 Å². The highest BCUT2D eigenvalue weighted by atomic mass is 15.2. The van der Waals surface area contributed by atoms with Crippen LogP contribution in [0.25, 0.3) is 0 Å². The lowest BCUT2D eigenvalue weighted by atomic mass is 10.1. The van der Waals surface area contributed by atoms with Gasteiger partial charge in [-0.2, -0.15) is 0 Å². The average Bonchev–Trinajstić information content (AvgIpc) is 2.47. The van der Waals surface area contributed by atoms with Gasteiger partial charge in [-0.3, -0.25) is 0 Å². The predicted octanol–water partition coefficient (Wildman–Crippen LogP) is 3.05. The number of para-hydroxylation sites is 2. The molecule has 0 fully saturated rings. The zero-order valence-corrected chi connectivity index (χ0v) is 12.8. The molecular weight excluding hydrogens is 258 g/mol. The maximum absolute atomic E-state index is 3.66. The van der Waals surface area contributed by atoms with Gasteiger partial charge in [0.1, 0.15) is 0 Å². The monoisotopic (exact) mass is 281 g/mol. The largest absolute Gasteiger partial charge is 0.378 e. The number of nitrogens with zero attached hydrogens (tertiary/aromatic N) is 2. The molecule has 0 saturated heterocycles. The summed E-state index contributed by atoms with van der Waals surface area (Å²) in [6.45, 7) is 3.03. The third-order valence-corrected chi connectivity index (χ3v) is 3.85. The molecule has 1 aliphatic rings. The molecule has 2 aromatic rings. The predicted molar refractivity (Wildman–Crippen MR) is 89.9 cm³/mol. The van der Waals surface area contributed by atoms with Gasteiger partial charge < -0.3 is 15.1 Å². The second-order valence-electron chi connectivity index (χ2n) is 5.99. The zero-order valence-electron chi connectivity index (χ0n) is 12.8. The van der Waals surface area contributed by atoms with Crippen molar-refractivity contribution in [1.82, 2.24) is 4.90 Å². The molecule has 1 heterocycles. The molecule has 2 aromatic carbocycles. The summed E-state index contributed by atoms with van der Waals surface area (Å²) in [4.78, 5) is 4.72. The first kappa shape index (κ1) is 14.0. The fraction of sp³-hybridized carbons (Fsp3) is 0.333. The van der Waals surface area contributed by atoms with E-state index in [1.807, 2.05) is 0 Å². The van der Waals surface area contributed by atoms with Gasteiger partial charge in [0.05, 0.1) is 17.4 Å². The molecule has 1 aliphatic heterocycles. The molecule has 0 amide bonds. The fourth-order valence-corrected chi connectivity index (χ4v) is 3.00. The van der Waals surface area contributed by atoms with Gasteiger partial charge in [0.25, 0.3) is 0 Å². The van der Waals surface area contributed by atoms with Crippen molar-refractivity contribution >= 4 is 11.4 Å². The molecule has 0 radical (unpaired) electrons. The van der Waals surface area contributed by atoms with E-state index in [1.165, 1.54) is 16.9 Å². The van der Waals surface area contributed by atoms with Gasteiger partial charge in [-0.05, 0) is 31.8 Å². The third-order valence-electron chi connectivity index (χ3n) is 3.85. The van der Waals surface area contributed by atoms with Crippen LogP contribution in [0.5, 0.6) is 0 Å². The Morgan fingerprint density at radius 1 is 1.05 bits per heavy atom. The number of benzene rings is 2. The zero-order chi connectivity index (χ0) is 14.7. The van der Waals surface area contributed by atoms with Crippen LogP contribution < -0.4 is 10.2 Å². The van der Waals surface area contributed by atoms with Gasteiger partial charge in [-0.1, -0.05) is 42.5 Å². The van der Waals surface area contributed by atoms with E-state index in [1.54, 1.807) is 0 Å². The quantitative estimate of drug-likeness (QED) is 0.929. The Kier molecular flexibility index (Phi) is 4.11. The maximum Gasteiger partial charge on any atom is 0.0605 e. The van der Waals surface area contributed by atoms with Crippen LogP contribution in [0, 0.1) is 0 Å². The number of rotatable bonds is 4. The first-order chi connectivity index (χ1) is 10.2. The molecule has 3 nitrogen and oxygen atoms in total. The van der Waals surface area contributed by atoms with Crippen LogP contribution in [-0.2, 0) is 6.54 Å². The maximum atomic E-state index is 3.66. The van der Waals surface area contributed by atoms with Gasteiger partial charge >= 0.3 is 0 Å². The summed E-state index contributed by atoms with van der Waals surface area (Å²) in [5.74, 6) is 0. The van der Waals surface area contributed by atoms with Gasteiger partial charge in [-0.25, -0.2) is 0 Å². The first-order valence-corrected chi connectivity index (χ1v) is 7.51. The summed E-state index contributed by atoms with van der Waals surface area (Å²) in [6.07, 6.45) is 0.